The number of hydrogen-bond acceptors (Lipinski definition) is 3. The molecule has 0 aromatic rings. The first-order valence-electron chi connectivity index (χ1n) is 9.19. The standard InChI is InChI=1S/C6H7.3C4H10N.Hf/c1-6-4-2-3-5-6;3*1-3-5-4-2;/h2,4H,3H2,1H3;3*3-4H2,1-2H3;/q;3*-1;+3. The van der Waals surface area contributed by atoms with E-state index in [9.17, 15) is 0 Å². The van der Waals surface area contributed by atoms with E-state index in [2.05, 4.69) is 69.3 Å². The van der Waals surface area contributed by atoms with E-state index in [1.165, 1.54) is 45.7 Å². The van der Waals surface area contributed by atoms with Crippen LogP contribution in [-0.2, 0) is 20.8 Å². The van der Waals surface area contributed by atoms with Crippen LogP contribution in [0.3, 0.4) is 0 Å². The van der Waals surface area contributed by atoms with Gasteiger partial charge in [-0.3, -0.25) is 0 Å². The maximum atomic E-state index is 2.87. The fourth-order valence-electron chi connectivity index (χ4n) is 4.18. The summed E-state index contributed by atoms with van der Waals surface area (Å²) >= 11 is -3.15. The third-order valence-corrected chi connectivity index (χ3v) is 26.6. The van der Waals surface area contributed by atoms with E-state index in [1.54, 1.807) is 8.90 Å². The van der Waals surface area contributed by atoms with Crippen molar-refractivity contribution in [3.05, 3.63) is 21.1 Å². The second-order valence-electron chi connectivity index (χ2n) is 5.92. The van der Waals surface area contributed by atoms with E-state index in [0.29, 0.717) is 0 Å². The molecule has 0 radical (unpaired) electrons. The van der Waals surface area contributed by atoms with Crippen LogP contribution < -0.4 is 0 Å². The summed E-state index contributed by atoms with van der Waals surface area (Å²) in [4.78, 5) is 0. The quantitative estimate of drug-likeness (QED) is 0.441. The Hall–Kier alpha value is 0.230. The van der Waals surface area contributed by atoms with Gasteiger partial charge in [0.15, 0.2) is 0 Å². The SMILES string of the molecule is CC[N](CC)[Hf]([C]1=C(C)C=CC1)([N](CC)CC)[N](CC)CC. The van der Waals surface area contributed by atoms with Gasteiger partial charge in [-0.2, -0.15) is 0 Å². The van der Waals surface area contributed by atoms with Crippen molar-refractivity contribution < 1.29 is 20.8 Å². The van der Waals surface area contributed by atoms with E-state index in [4.69, 9.17) is 0 Å². The third kappa shape index (κ3) is 3.50. The first-order valence-corrected chi connectivity index (χ1v) is 15.8. The summed E-state index contributed by atoms with van der Waals surface area (Å²) in [5.41, 5.74) is 1.55. The van der Waals surface area contributed by atoms with Crippen molar-refractivity contribution in [1.82, 2.24) is 8.66 Å². The van der Waals surface area contributed by atoms with Gasteiger partial charge in [0.1, 0.15) is 0 Å². The Kier molecular flexibility index (Phi) is 8.76. The van der Waals surface area contributed by atoms with Gasteiger partial charge in [-0.05, 0) is 0 Å². The van der Waals surface area contributed by atoms with Crippen molar-refractivity contribution in [1.29, 1.82) is 0 Å². The maximum absolute atomic E-state index is 3.15. The molecular weight excluding hydrogens is 437 g/mol. The molecule has 0 fully saturated rings. The average molecular weight is 474 g/mol. The first-order chi connectivity index (χ1) is 10.6. The number of rotatable bonds is 10. The molecule has 0 spiro atoms. The summed E-state index contributed by atoms with van der Waals surface area (Å²) in [6.07, 6.45) is 5.92. The van der Waals surface area contributed by atoms with E-state index >= 15 is 0 Å². The van der Waals surface area contributed by atoms with E-state index in [1.807, 2.05) is 0 Å². The van der Waals surface area contributed by atoms with Gasteiger partial charge in [-0.15, -0.1) is 0 Å². The molecule has 0 aromatic heterocycles. The van der Waals surface area contributed by atoms with Crippen molar-refractivity contribution in [2.75, 3.05) is 39.3 Å². The van der Waals surface area contributed by atoms with Gasteiger partial charge in [0.2, 0.25) is 0 Å². The normalized spacial score (nSPS) is 15.9. The van der Waals surface area contributed by atoms with Gasteiger partial charge in [-0.1, -0.05) is 0 Å². The first kappa shape index (κ1) is 20.3. The molecule has 0 saturated carbocycles. The van der Waals surface area contributed by atoms with Crippen LogP contribution in [-0.4, -0.2) is 47.9 Å². The zero-order chi connectivity index (χ0) is 16.8. The summed E-state index contributed by atoms with van der Waals surface area (Å²) < 4.78 is 10.4. The van der Waals surface area contributed by atoms with Crippen molar-refractivity contribution >= 4 is 0 Å². The van der Waals surface area contributed by atoms with Crippen LogP contribution in [0.5, 0.6) is 0 Å². The second-order valence-corrected chi connectivity index (χ2v) is 19.5. The van der Waals surface area contributed by atoms with Crippen molar-refractivity contribution in [3.63, 3.8) is 0 Å². The van der Waals surface area contributed by atoms with Crippen molar-refractivity contribution in [3.8, 4) is 0 Å². The van der Waals surface area contributed by atoms with Crippen LogP contribution in [0.2, 0.25) is 0 Å². The molecule has 4 heteroatoms. The van der Waals surface area contributed by atoms with E-state index < -0.39 is 20.8 Å². The molecule has 0 aromatic carbocycles. The molecule has 0 N–H and O–H groups in total. The minimum absolute atomic E-state index is 1.17. The van der Waals surface area contributed by atoms with Gasteiger partial charge in [0.25, 0.3) is 0 Å². The van der Waals surface area contributed by atoms with Gasteiger partial charge < -0.3 is 0 Å². The molecule has 0 amide bonds. The average Bonchev–Trinajstić information content (AvgIpc) is 2.96. The summed E-state index contributed by atoms with van der Waals surface area (Å²) in [6, 6.07) is 0. The van der Waals surface area contributed by atoms with E-state index in [0.717, 1.165) is 0 Å². The van der Waals surface area contributed by atoms with Crippen LogP contribution >= 0.6 is 0 Å². The Morgan fingerprint density at radius 2 is 1.14 bits per heavy atom. The number of nitrogens with zero attached hydrogens (tertiary/aromatic N) is 3. The summed E-state index contributed by atoms with van der Waals surface area (Å²) in [5, 5.41) is 0. The van der Waals surface area contributed by atoms with Gasteiger partial charge in [0, 0.05) is 0 Å². The fraction of sp³-hybridized carbons (Fsp3) is 0.778. The second kappa shape index (κ2) is 9.51. The third-order valence-electron chi connectivity index (χ3n) is 5.18. The Balaban J connectivity index is 3.58. The molecule has 0 atom stereocenters. The molecule has 22 heavy (non-hydrogen) atoms. The Morgan fingerprint density at radius 1 is 0.773 bits per heavy atom. The Bertz CT molecular complexity index is 360. The number of hydrogen-bond donors (Lipinski definition) is 0. The van der Waals surface area contributed by atoms with Gasteiger partial charge >= 0.3 is 145 Å². The molecule has 0 bridgehead atoms. The summed E-state index contributed by atoms with van der Waals surface area (Å²) in [7, 11) is 0. The molecule has 0 saturated heterocycles. The molecule has 0 heterocycles. The molecule has 128 valence electrons. The van der Waals surface area contributed by atoms with Gasteiger partial charge in [0.05, 0.1) is 0 Å². The molecule has 3 nitrogen and oxygen atoms in total. The molecule has 1 aliphatic rings. The summed E-state index contributed by atoms with van der Waals surface area (Å²) in [6.45, 7) is 23.5. The van der Waals surface area contributed by atoms with Crippen LogP contribution in [0.4, 0.5) is 0 Å². The zero-order valence-corrected chi connectivity index (χ0v) is 19.5. The van der Waals surface area contributed by atoms with E-state index in [-0.39, 0.29) is 0 Å². The topological polar surface area (TPSA) is 9.72 Å². The monoisotopic (exact) mass is 475 g/mol. The zero-order valence-electron chi connectivity index (χ0n) is 15.9. The van der Waals surface area contributed by atoms with Crippen molar-refractivity contribution in [2.45, 2.75) is 54.9 Å². The van der Waals surface area contributed by atoms with Crippen LogP contribution in [0.25, 0.3) is 0 Å². The molecule has 1 aliphatic carbocycles. The van der Waals surface area contributed by atoms with Gasteiger partial charge in [-0.25, -0.2) is 0 Å². The predicted octanol–water partition coefficient (Wildman–Crippen LogP) is 4.14. The van der Waals surface area contributed by atoms with Crippen molar-refractivity contribution in [2.24, 2.45) is 0 Å². The Labute approximate surface area is 144 Å². The Morgan fingerprint density at radius 3 is 1.36 bits per heavy atom. The predicted molar refractivity (Wildman–Crippen MR) is 95.2 cm³/mol. The molecule has 0 aliphatic heterocycles. The summed E-state index contributed by atoms with van der Waals surface area (Å²) in [5.74, 6) is 0. The molecular formula is C18H37HfN3. The van der Waals surface area contributed by atoms with Crippen LogP contribution in [0.1, 0.15) is 54.9 Å². The molecule has 0 unspecified atom stereocenters. The molecule has 1 rings (SSSR count). The minimum atomic E-state index is -3.15. The fourth-order valence-corrected chi connectivity index (χ4v) is 25.7. The number of allylic oxidation sites excluding steroid dienone is 4. The van der Waals surface area contributed by atoms with Crippen LogP contribution in [0, 0.1) is 0 Å². The van der Waals surface area contributed by atoms with Crippen LogP contribution in [0.15, 0.2) is 21.1 Å².